The van der Waals surface area contributed by atoms with Crippen molar-refractivity contribution in [1.29, 1.82) is 0 Å². The third-order valence-electron chi connectivity index (χ3n) is 4.81. The van der Waals surface area contributed by atoms with Crippen molar-refractivity contribution in [3.63, 3.8) is 0 Å². The van der Waals surface area contributed by atoms with Crippen LogP contribution >= 0.6 is 0 Å². The normalized spacial score (nSPS) is 18.0. The van der Waals surface area contributed by atoms with Crippen LogP contribution < -0.4 is 0 Å². The first-order chi connectivity index (χ1) is 11.4. The second-order valence-corrected chi connectivity index (χ2v) is 7.81. The van der Waals surface area contributed by atoms with Gasteiger partial charge in [-0.15, -0.1) is 0 Å². The first-order valence-electron chi connectivity index (χ1n) is 8.90. The van der Waals surface area contributed by atoms with E-state index in [1.165, 1.54) is 16.7 Å². The summed E-state index contributed by atoms with van der Waals surface area (Å²) in [6, 6.07) is 19.6. The van der Waals surface area contributed by atoms with Crippen LogP contribution in [0.5, 0.6) is 0 Å². The van der Waals surface area contributed by atoms with Gasteiger partial charge in [-0.2, -0.15) is 0 Å². The highest BCUT2D eigenvalue weighted by Crippen LogP contribution is 2.28. The van der Waals surface area contributed by atoms with Gasteiger partial charge in [-0.25, -0.2) is 0 Å². The minimum Gasteiger partial charge on any atom is -0.339 e. The van der Waals surface area contributed by atoms with E-state index in [0.717, 1.165) is 25.8 Å². The van der Waals surface area contributed by atoms with Crippen LogP contribution in [0.3, 0.4) is 0 Å². The van der Waals surface area contributed by atoms with E-state index in [1.807, 2.05) is 26.8 Å². The average Bonchev–Trinajstić information content (AvgIpc) is 3.02. The molecule has 1 atom stereocenters. The number of hydrogen-bond acceptors (Lipinski definition) is 1. The van der Waals surface area contributed by atoms with Crippen molar-refractivity contribution in [2.45, 2.75) is 46.1 Å². The predicted octanol–water partition coefficient (Wildman–Crippen LogP) is 4.93. The highest BCUT2D eigenvalue weighted by Gasteiger charge is 2.34. The third-order valence-corrected chi connectivity index (χ3v) is 4.81. The van der Waals surface area contributed by atoms with Gasteiger partial charge in [0.2, 0.25) is 5.91 Å². The monoisotopic (exact) mass is 321 g/mol. The molecule has 0 spiro atoms. The maximum Gasteiger partial charge on any atom is 0.228 e. The Balaban J connectivity index is 1.71. The third kappa shape index (κ3) is 3.69. The Morgan fingerprint density at radius 3 is 2.25 bits per heavy atom. The summed E-state index contributed by atoms with van der Waals surface area (Å²) in [5.41, 5.74) is 3.51. The van der Waals surface area contributed by atoms with Gasteiger partial charge in [0.05, 0.1) is 0 Å². The van der Waals surface area contributed by atoms with Gasteiger partial charge >= 0.3 is 0 Å². The van der Waals surface area contributed by atoms with Gasteiger partial charge in [-0.3, -0.25) is 4.79 Å². The van der Waals surface area contributed by atoms with Crippen LogP contribution in [0.2, 0.25) is 0 Å². The van der Waals surface area contributed by atoms with Gasteiger partial charge in [0.25, 0.3) is 0 Å². The molecule has 0 N–H and O–H groups in total. The summed E-state index contributed by atoms with van der Waals surface area (Å²) in [5.74, 6) is 0.283. The van der Waals surface area contributed by atoms with Crippen molar-refractivity contribution in [2.24, 2.45) is 5.41 Å². The zero-order valence-electron chi connectivity index (χ0n) is 15.0. The number of likely N-dealkylation sites (tertiary alicyclic amines) is 1. The van der Waals surface area contributed by atoms with Crippen LogP contribution in [0, 0.1) is 5.41 Å². The van der Waals surface area contributed by atoms with E-state index in [-0.39, 0.29) is 11.3 Å². The number of hydrogen-bond donors (Lipinski definition) is 0. The molecule has 0 unspecified atom stereocenters. The summed E-state index contributed by atoms with van der Waals surface area (Å²) in [6.07, 6.45) is 3.19. The number of carbonyl (C=O) groups is 1. The van der Waals surface area contributed by atoms with Gasteiger partial charge in [0.15, 0.2) is 0 Å². The highest BCUT2D eigenvalue weighted by molar-refractivity contribution is 5.82. The van der Waals surface area contributed by atoms with E-state index in [2.05, 4.69) is 53.4 Å². The zero-order valence-corrected chi connectivity index (χ0v) is 15.0. The van der Waals surface area contributed by atoms with Crippen LogP contribution in [0.4, 0.5) is 0 Å². The molecule has 0 bridgehead atoms. The summed E-state index contributed by atoms with van der Waals surface area (Å²) >= 11 is 0. The fourth-order valence-corrected chi connectivity index (χ4v) is 3.48. The molecule has 2 heteroatoms. The van der Waals surface area contributed by atoms with E-state index >= 15 is 0 Å². The molecule has 1 heterocycles. The first-order valence-corrected chi connectivity index (χ1v) is 8.90. The Hall–Kier alpha value is -2.09. The largest absolute Gasteiger partial charge is 0.339 e. The average molecular weight is 321 g/mol. The molecule has 0 aromatic heterocycles. The van der Waals surface area contributed by atoms with Crippen LogP contribution in [-0.4, -0.2) is 23.4 Å². The number of nitrogens with zero attached hydrogens (tertiary/aromatic N) is 1. The molecule has 1 fully saturated rings. The maximum atomic E-state index is 12.6. The van der Waals surface area contributed by atoms with Crippen molar-refractivity contribution < 1.29 is 4.79 Å². The Labute approximate surface area is 145 Å². The lowest BCUT2D eigenvalue weighted by Gasteiger charge is -2.31. The lowest BCUT2D eigenvalue weighted by molar-refractivity contribution is -0.140. The fourth-order valence-electron chi connectivity index (χ4n) is 3.48. The predicted molar refractivity (Wildman–Crippen MR) is 99.8 cm³/mol. The molecule has 1 saturated heterocycles. The van der Waals surface area contributed by atoms with Gasteiger partial charge in [0.1, 0.15) is 0 Å². The number of rotatable bonds is 3. The van der Waals surface area contributed by atoms with E-state index in [1.54, 1.807) is 0 Å². The van der Waals surface area contributed by atoms with Crippen LogP contribution in [0.1, 0.15) is 39.2 Å². The molecule has 0 aliphatic carbocycles. The van der Waals surface area contributed by atoms with Gasteiger partial charge < -0.3 is 4.90 Å². The lowest BCUT2D eigenvalue weighted by Crippen LogP contribution is -2.43. The number of carbonyl (C=O) groups excluding carboxylic acids is 1. The SMILES string of the molecule is CC(C)(C)C(=O)N1CCC[C@H]1Cc1ccc(-c2ccccc2)cc1. The summed E-state index contributed by atoms with van der Waals surface area (Å²) in [4.78, 5) is 14.7. The molecular weight excluding hydrogens is 294 g/mol. The Kier molecular flexibility index (Phi) is 4.75. The van der Waals surface area contributed by atoms with Gasteiger partial charge in [-0.1, -0.05) is 75.4 Å². The van der Waals surface area contributed by atoms with Crippen LogP contribution in [-0.2, 0) is 11.2 Å². The Bertz CT molecular complexity index is 682. The molecule has 2 aromatic rings. The number of benzene rings is 2. The van der Waals surface area contributed by atoms with Crippen molar-refractivity contribution in [2.75, 3.05) is 6.54 Å². The van der Waals surface area contributed by atoms with Gasteiger partial charge in [-0.05, 0) is 36.0 Å². The van der Waals surface area contributed by atoms with E-state index in [0.29, 0.717) is 6.04 Å². The van der Waals surface area contributed by atoms with Crippen molar-refractivity contribution in [1.82, 2.24) is 4.90 Å². The molecule has 1 amide bonds. The van der Waals surface area contributed by atoms with Crippen LogP contribution in [0.25, 0.3) is 11.1 Å². The minimum atomic E-state index is -0.292. The molecule has 3 rings (SSSR count). The van der Waals surface area contributed by atoms with E-state index < -0.39 is 0 Å². The quantitative estimate of drug-likeness (QED) is 0.784. The molecule has 2 nitrogen and oxygen atoms in total. The van der Waals surface area contributed by atoms with Crippen molar-refractivity contribution >= 4 is 5.91 Å². The maximum absolute atomic E-state index is 12.6. The topological polar surface area (TPSA) is 20.3 Å². The number of amides is 1. The smallest absolute Gasteiger partial charge is 0.228 e. The molecule has 0 radical (unpaired) electrons. The summed E-state index contributed by atoms with van der Waals surface area (Å²) < 4.78 is 0. The van der Waals surface area contributed by atoms with Crippen molar-refractivity contribution in [3.8, 4) is 11.1 Å². The van der Waals surface area contributed by atoms with E-state index in [9.17, 15) is 4.79 Å². The lowest BCUT2D eigenvalue weighted by atomic mass is 9.93. The minimum absolute atomic E-state index is 0.283. The molecule has 126 valence electrons. The summed E-state index contributed by atoms with van der Waals surface area (Å²) in [6.45, 7) is 6.95. The summed E-state index contributed by atoms with van der Waals surface area (Å²) in [7, 11) is 0. The molecular formula is C22H27NO. The van der Waals surface area contributed by atoms with Crippen molar-refractivity contribution in [3.05, 3.63) is 60.2 Å². The molecule has 0 saturated carbocycles. The second kappa shape index (κ2) is 6.80. The van der Waals surface area contributed by atoms with E-state index in [4.69, 9.17) is 0 Å². The standard InChI is InChI=1S/C22H27NO/c1-22(2,3)21(24)23-15-7-10-20(23)16-17-11-13-19(14-12-17)18-8-5-4-6-9-18/h4-6,8-9,11-14,20H,7,10,15-16H2,1-3H3/t20-/m0/s1. The molecule has 2 aromatic carbocycles. The molecule has 1 aliphatic rings. The first kappa shape index (κ1) is 16.8. The highest BCUT2D eigenvalue weighted by atomic mass is 16.2. The molecule has 24 heavy (non-hydrogen) atoms. The second-order valence-electron chi connectivity index (χ2n) is 7.81. The van der Waals surface area contributed by atoms with Crippen LogP contribution in [0.15, 0.2) is 54.6 Å². The fraction of sp³-hybridized carbons (Fsp3) is 0.409. The summed E-state index contributed by atoms with van der Waals surface area (Å²) in [5, 5.41) is 0. The Morgan fingerprint density at radius 2 is 1.62 bits per heavy atom. The molecule has 1 aliphatic heterocycles. The Morgan fingerprint density at radius 1 is 1.00 bits per heavy atom. The van der Waals surface area contributed by atoms with Gasteiger partial charge in [0, 0.05) is 18.0 Å². The zero-order chi connectivity index (χ0) is 17.2.